The number of carboxylic acid groups (broad SMARTS) is 1. The first-order valence-corrected chi connectivity index (χ1v) is 7.89. The van der Waals surface area contributed by atoms with Gasteiger partial charge in [0.2, 0.25) is 0 Å². The second-order valence-corrected chi connectivity index (χ2v) is 6.59. The van der Waals surface area contributed by atoms with E-state index < -0.39 is 33.1 Å². The first-order chi connectivity index (χ1) is 10.2. The molecule has 5 nitrogen and oxygen atoms in total. The molecule has 8 heteroatoms. The lowest BCUT2D eigenvalue weighted by Crippen LogP contribution is -2.17. The number of aryl methyl sites for hydroxylation is 1. The van der Waals surface area contributed by atoms with Gasteiger partial charge in [-0.15, -0.1) is 0 Å². The number of rotatable bonds is 4. The van der Waals surface area contributed by atoms with E-state index in [0.717, 1.165) is 17.7 Å². The third-order valence-corrected chi connectivity index (χ3v) is 4.57. The van der Waals surface area contributed by atoms with Crippen molar-refractivity contribution in [3.05, 3.63) is 58.4 Å². The Morgan fingerprint density at radius 3 is 2.32 bits per heavy atom. The molecule has 0 atom stereocenters. The number of carboxylic acids is 1. The zero-order valence-corrected chi connectivity index (χ0v) is 12.9. The number of benzene rings is 2. The lowest BCUT2D eigenvalue weighted by atomic mass is 10.2. The van der Waals surface area contributed by atoms with Crippen LogP contribution in [0.3, 0.4) is 0 Å². The van der Waals surface area contributed by atoms with E-state index in [9.17, 15) is 17.6 Å². The number of nitrogens with one attached hydrogen (secondary N) is 1. The number of hydrogen-bond acceptors (Lipinski definition) is 3. The van der Waals surface area contributed by atoms with Crippen molar-refractivity contribution in [3.63, 3.8) is 0 Å². The topological polar surface area (TPSA) is 83.5 Å². The van der Waals surface area contributed by atoms with Crippen LogP contribution in [0.15, 0.2) is 41.3 Å². The maximum atomic E-state index is 13.9. The Hall–Kier alpha value is -2.12. The molecular formula is C14H11ClFNO4S. The van der Waals surface area contributed by atoms with Crippen molar-refractivity contribution in [1.82, 2.24) is 0 Å². The number of halogens is 2. The normalized spacial score (nSPS) is 11.2. The van der Waals surface area contributed by atoms with E-state index in [1.807, 2.05) is 4.72 Å². The molecule has 0 bridgehead atoms. The summed E-state index contributed by atoms with van der Waals surface area (Å²) in [7, 11) is -4.14. The van der Waals surface area contributed by atoms with E-state index in [0.29, 0.717) is 0 Å². The fraction of sp³-hybridized carbons (Fsp3) is 0.0714. The molecule has 2 N–H and O–H groups in total. The van der Waals surface area contributed by atoms with Crippen LogP contribution < -0.4 is 4.72 Å². The molecule has 0 spiro atoms. The van der Waals surface area contributed by atoms with Gasteiger partial charge in [-0.1, -0.05) is 29.3 Å². The van der Waals surface area contributed by atoms with Gasteiger partial charge in [-0.2, -0.15) is 0 Å². The summed E-state index contributed by atoms with van der Waals surface area (Å²) in [6.45, 7) is 1.78. The number of anilines is 1. The first-order valence-electron chi connectivity index (χ1n) is 6.03. The van der Waals surface area contributed by atoms with Crippen LogP contribution in [0.2, 0.25) is 5.02 Å². The van der Waals surface area contributed by atoms with Gasteiger partial charge in [-0.25, -0.2) is 17.6 Å². The molecule has 0 aliphatic carbocycles. The molecule has 0 saturated heterocycles. The number of hydrogen-bond donors (Lipinski definition) is 2. The van der Waals surface area contributed by atoms with E-state index in [2.05, 4.69) is 0 Å². The second kappa shape index (κ2) is 5.94. The molecule has 0 saturated carbocycles. The van der Waals surface area contributed by atoms with Crippen LogP contribution in [0, 0.1) is 12.7 Å². The van der Waals surface area contributed by atoms with E-state index in [1.165, 1.54) is 12.1 Å². The third kappa shape index (κ3) is 3.20. The van der Waals surface area contributed by atoms with Gasteiger partial charge in [0.1, 0.15) is 17.1 Å². The van der Waals surface area contributed by atoms with Crippen molar-refractivity contribution in [2.75, 3.05) is 4.72 Å². The molecule has 0 fully saturated rings. The maximum Gasteiger partial charge on any atom is 0.339 e. The van der Waals surface area contributed by atoms with Gasteiger partial charge in [0.15, 0.2) is 0 Å². The predicted octanol–water partition coefficient (Wildman–Crippen LogP) is 3.29. The van der Waals surface area contributed by atoms with Crippen molar-refractivity contribution in [1.29, 1.82) is 0 Å². The summed E-state index contributed by atoms with van der Waals surface area (Å²) in [5.41, 5.74) is -0.489. The fourth-order valence-corrected chi connectivity index (χ4v) is 3.09. The highest BCUT2D eigenvalue weighted by Gasteiger charge is 2.24. The molecule has 0 heterocycles. The highest BCUT2D eigenvalue weighted by atomic mass is 35.5. The minimum atomic E-state index is -4.14. The molecule has 2 rings (SSSR count). The average molecular weight is 344 g/mol. The maximum absolute atomic E-state index is 13.9. The Bertz CT molecular complexity index is 835. The molecule has 22 heavy (non-hydrogen) atoms. The third-order valence-electron chi connectivity index (χ3n) is 2.89. The van der Waals surface area contributed by atoms with Gasteiger partial charge >= 0.3 is 5.97 Å². The van der Waals surface area contributed by atoms with Gasteiger partial charge in [0.05, 0.1) is 9.92 Å². The molecule has 0 aliphatic rings. The summed E-state index contributed by atoms with van der Waals surface area (Å²) in [5, 5.41) is 8.82. The van der Waals surface area contributed by atoms with Gasteiger partial charge in [-0.3, -0.25) is 4.72 Å². The van der Waals surface area contributed by atoms with Crippen LogP contribution in [0.1, 0.15) is 15.9 Å². The van der Waals surface area contributed by atoms with E-state index in [4.69, 9.17) is 16.7 Å². The number of sulfonamides is 1. The van der Waals surface area contributed by atoms with Crippen LogP contribution in [-0.4, -0.2) is 19.5 Å². The minimum absolute atomic E-state index is 0.117. The van der Waals surface area contributed by atoms with E-state index in [-0.39, 0.29) is 9.92 Å². The predicted molar refractivity (Wildman–Crippen MR) is 80.4 cm³/mol. The monoisotopic (exact) mass is 343 g/mol. The van der Waals surface area contributed by atoms with Crippen LogP contribution in [-0.2, 0) is 10.0 Å². The Labute approximate surface area is 131 Å². The Balaban J connectivity index is 2.53. The molecule has 2 aromatic rings. The molecular weight excluding hydrogens is 333 g/mol. The lowest BCUT2D eigenvalue weighted by molar-refractivity contribution is 0.0698. The van der Waals surface area contributed by atoms with Gasteiger partial charge in [0, 0.05) is 0 Å². The zero-order valence-electron chi connectivity index (χ0n) is 11.3. The standard InChI is InChI=1S/C14H11ClFNO4S/c1-8-2-4-9(5-3-8)22(20,21)17-13-11(16)7-6-10(15)12(13)14(18)19/h2-7,17H,1H3,(H,18,19). The highest BCUT2D eigenvalue weighted by molar-refractivity contribution is 7.92. The van der Waals surface area contributed by atoms with Crippen molar-refractivity contribution in [3.8, 4) is 0 Å². The average Bonchev–Trinajstić information content (AvgIpc) is 2.43. The number of aromatic carboxylic acids is 1. The molecule has 0 aliphatic heterocycles. The summed E-state index contributed by atoms with van der Waals surface area (Å²) in [6.07, 6.45) is 0. The number of carbonyl (C=O) groups is 1. The molecule has 0 aromatic heterocycles. The highest BCUT2D eigenvalue weighted by Crippen LogP contribution is 2.29. The first kappa shape index (κ1) is 16.3. The van der Waals surface area contributed by atoms with Crippen molar-refractivity contribution in [2.45, 2.75) is 11.8 Å². The SMILES string of the molecule is Cc1ccc(S(=O)(=O)Nc2c(F)ccc(Cl)c2C(=O)O)cc1. The summed E-state index contributed by atoms with van der Waals surface area (Å²) < 4.78 is 40.3. The van der Waals surface area contributed by atoms with Crippen LogP contribution in [0.25, 0.3) is 0 Å². The van der Waals surface area contributed by atoms with Crippen LogP contribution >= 0.6 is 11.6 Å². The Kier molecular flexibility index (Phi) is 4.39. The largest absolute Gasteiger partial charge is 0.478 e. The van der Waals surface area contributed by atoms with Crippen molar-refractivity contribution < 1.29 is 22.7 Å². The molecule has 2 aromatic carbocycles. The van der Waals surface area contributed by atoms with E-state index >= 15 is 0 Å². The molecule has 0 radical (unpaired) electrons. The zero-order chi connectivity index (χ0) is 16.5. The smallest absolute Gasteiger partial charge is 0.339 e. The second-order valence-electron chi connectivity index (χ2n) is 4.50. The summed E-state index contributed by atoms with van der Waals surface area (Å²) >= 11 is 5.71. The summed E-state index contributed by atoms with van der Waals surface area (Å²) in [6, 6.07) is 7.74. The van der Waals surface area contributed by atoms with Crippen LogP contribution in [0.5, 0.6) is 0 Å². The summed E-state index contributed by atoms with van der Waals surface area (Å²) in [5.74, 6) is -2.57. The minimum Gasteiger partial charge on any atom is -0.478 e. The molecule has 0 unspecified atom stereocenters. The van der Waals surface area contributed by atoms with Crippen molar-refractivity contribution >= 4 is 33.3 Å². The molecule has 0 amide bonds. The Morgan fingerprint density at radius 2 is 1.77 bits per heavy atom. The summed E-state index contributed by atoms with van der Waals surface area (Å²) in [4.78, 5) is 11.1. The quantitative estimate of drug-likeness (QED) is 0.892. The lowest BCUT2D eigenvalue weighted by Gasteiger charge is -2.12. The Morgan fingerprint density at radius 1 is 1.18 bits per heavy atom. The van der Waals surface area contributed by atoms with Gasteiger partial charge in [0.25, 0.3) is 10.0 Å². The fourth-order valence-electron chi connectivity index (χ4n) is 1.77. The molecule has 116 valence electrons. The van der Waals surface area contributed by atoms with Gasteiger partial charge < -0.3 is 5.11 Å². The van der Waals surface area contributed by atoms with Gasteiger partial charge in [-0.05, 0) is 31.2 Å². The van der Waals surface area contributed by atoms with E-state index in [1.54, 1.807) is 19.1 Å². The van der Waals surface area contributed by atoms with Crippen molar-refractivity contribution in [2.24, 2.45) is 0 Å². The van der Waals surface area contributed by atoms with Crippen LogP contribution in [0.4, 0.5) is 10.1 Å².